The highest BCUT2D eigenvalue weighted by Gasteiger charge is 2.27. The Hall–Kier alpha value is -1.75. The van der Waals surface area contributed by atoms with Crippen molar-refractivity contribution >= 4 is 23.4 Å². The number of carbonyl (C=O) groups is 2. The number of rotatable bonds is 3. The summed E-state index contributed by atoms with van der Waals surface area (Å²) in [4.78, 5) is 25.3. The van der Waals surface area contributed by atoms with E-state index in [1.807, 2.05) is 0 Å². The fourth-order valence-electron chi connectivity index (χ4n) is 2.23. The van der Waals surface area contributed by atoms with Gasteiger partial charge in [0, 0.05) is 30.1 Å². The molecule has 1 N–H and O–H groups in total. The van der Waals surface area contributed by atoms with Crippen molar-refractivity contribution in [3.8, 4) is 5.75 Å². The first-order valence-electron chi connectivity index (χ1n) is 6.42. The van der Waals surface area contributed by atoms with E-state index in [1.54, 1.807) is 37.1 Å². The second kappa shape index (κ2) is 6.13. The van der Waals surface area contributed by atoms with Crippen LogP contribution in [-0.2, 0) is 16.1 Å². The Morgan fingerprint density at radius 3 is 2.90 bits per heavy atom. The molecule has 1 aromatic rings. The molecule has 1 saturated heterocycles. The molecule has 1 atom stereocenters. The molecule has 20 heavy (non-hydrogen) atoms. The highest BCUT2D eigenvalue weighted by Crippen LogP contribution is 2.24. The molecule has 1 aromatic carbocycles. The van der Waals surface area contributed by atoms with E-state index in [0.29, 0.717) is 30.3 Å². The minimum Gasteiger partial charge on any atom is -0.496 e. The fraction of sp³-hybridized carbons (Fsp3) is 0.429. The zero-order chi connectivity index (χ0) is 14.7. The van der Waals surface area contributed by atoms with E-state index < -0.39 is 6.04 Å². The Bertz CT molecular complexity index is 533. The lowest BCUT2D eigenvalue weighted by Crippen LogP contribution is -2.42. The number of methoxy groups -OCH3 is 1. The van der Waals surface area contributed by atoms with Crippen molar-refractivity contribution in [3.05, 3.63) is 28.8 Å². The van der Waals surface area contributed by atoms with Crippen LogP contribution in [0.5, 0.6) is 5.75 Å². The van der Waals surface area contributed by atoms with Gasteiger partial charge in [-0.1, -0.05) is 11.6 Å². The van der Waals surface area contributed by atoms with Gasteiger partial charge in [-0.2, -0.15) is 0 Å². The standard InChI is InChI=1S/C14H17ClN2O3/c1-9-14(19)17(6-5-13(18)16-9)8-10-7-11(15)3-4-12(10)20-2/h3-4,7,9H,5-6,8H2,1-2H3,(H,16,18). The lowest BCUT2D eigenvalue weighted by Gasteiger charge is -2.23. The van der Waals surface area contributed by atoms with Crippen molar-refractivity contribution in [1.82, 2.24) is 10.2 Å². The number of hydrogen-bond acceptors (Lipinski definition) is 3. The van der Waals surface area contributed by atoms with Crippen molar-refractivity contribution in [2.45, 2.75) is 25.9 Å². The molecule has 6 heteroatoms. The van der Waals surface area contributed by atoms with Gasteiger partial charge in [0.25, 0.3) is 0 Å². The van der Waals surface area contributed by atoms with Crippen molar-refractivity contribution in [2.75, 3.05) is 13.7 Å². The Morgan fingerprint density at radius 2 is 2.20 bits per heavy atom. The highest BCUT2D eigenvalue weighted by atomic mass is 35.5. The molecule has 108 valence electrons. The summed E-state index contributed by atoms with van der Waals surface area (Å²) in [7, 11) is 1.57. The smallest absolute Gasteiger partial charge is 0.245 e. The number of halogens is 1. The summed E-state index contributed by atoms with van der Waals surface area (Å²) in [6, 6.07) is 4.78. The zero-order valence-electron chi connectivity index (χ0n) is 11.5. The van der Waals surface area contributed by atoms with E-state index in [4.69, 9.17) is 16.3 Å². The molecule has 0 saturated carbocycles. The van der Waals surface area contributed by atoms with Crippen LogP contribution >= 0.6 is 11.6 Å². The van der Waals surface area contributed by atoms with Gasteiger partial charge >= 0.3 is 0 Å². The van der Waals surface area contributed by atoms with E-state index in [2.05, 4.69) is 5.32 Å². The number of carbonyl (C=O) groups excluding carboxylic acids is 2. The summed E-state index contributed by atoms with van der Waals surface area (Å²) in [6.07, 6.45) is 0.305. The molecule has 0 radical (unpaired) electrons. The van der Waals surface area contributed by atoms with Gasteiger partial charge in [-0.25, -0.2) is 0 Å². The average molecular weight is 297 g/mol. The zero-order valence-corrected chi connectivity index (χ0v) is 12.2. The van der Waals surface area contributed by atoms with Crippen LogP contribution in [0.3, 0.4) is 0 Å². The molecule has 0 aromatic heterocycles. The van der Waals surface area contributed by atoms with Gasteiger partial charge in [0.05, 0.1) is 7.11 Å². The number of ether oxygens (including phenoxy) is 1. The first-order valence-corrected chi connectivity index (χ1v) is 6.79. The molecule has 0 aliphatic carbocycles. The Kier molecular flexibility index (Phi) is 4.49. The molecule has 1 aliphatic rings. The first-order chi connectivity index (χ1) is 9.51. The number of nitrogens with one attached hydrogen (secondary N) is 1. The van der Waals surface area contributed by atoms with Crippen LogP contribution in [0.1, 0.15) is 18.9 Å². The summed E-state index contributed by atoms with van der Waals surface area (Å²) >= 11 is 5.99. The summed E-state index contributed by atoms with van der Waals surface area (Å²) < 4.78 is 5.28. The quantitative estimate of drug-likeness (QED) is 0.921. The third-order valence-corrected chi connectivity index (χ3v) is 3.51. The van der Waals surface area contributed by atoms with Crippen LogP contribution < -0.4 is 10.1 Å². The average Bonchev–Trinajstić information content (AvgIpc) is 2.53. The van der Waals surface area contributed by atoms with E-state index in [-0.39, 0.29) is 11.8 Å². The highest BCUT2D eigenvalue weighted by molar-refractivity contribution is 6.30. The van der Waals surface area contributed by atoms with E-state index in [1.165, 1.54) is 0 Å². The molecule has 2 amide bonds. The maximum atomic E-state index is 12.2. The lowest BCUT2D eigenvalue weighted by atomic mass is 10.1. The molecule has 5 nitrogen and oxygen atoms in total. The van der Waals surface area contributed by atoms with Crippen molar-refractivity contribution in [3.63, 3.8) is 0 Å². The number of benzene rings is 1. The van der Waals surface area contributed by atoms with Crippen molar-refractivity contribution < 1.29 is 14.3 Å². The molecule has 1 fully saturated rings. The second-order valence-electron chi connectivity index (χ2n) is 4.76. The Labute approximate surface area is 122 Å². The molecule has 1 heterocycles. The predicted octanol–water partition coefficient (Wildman–Crippen LogP) is 1.59. The molecule has 2 rings (SSSR count). The first kappa shape index (κ1) is 14.7. The summed E-state index contributed by atoms with van der Waals surface area (Å²) in [5.74, 6) is 0.475. The maximum absolute atomic E-state index is 12.2. The van der Waals surface area contributed by atoms with Crippen LogP contribution in [0.4, 0.5) is 0 Å². The third-order valence-electron chi connectivity index (χ3n) is 3.27. The van der Waals surface area contributed by atoms with E-state index in [9.17, 15) is 9.59 Å². The topological polar surface area (TPSA) is 58.6 Å². The summed E-state index contributed by atoms with van der Waals surface area (Å²) in [5, 5.41) is 3.25. The third kappa shape index (κ3) is 3.22. The molecular weight excluding hydrogens is 280 g/mol. The molecule has 0 spiro atoms. The summed E-state index contributed by atoms with van der Waals surface area (Å²) in [6.45, 7) is 2.46. The monoisotopic (exact) mass is 296 g/mol. The van der Waals surface area contributed by atoms with Crippen LogP contribution in [0.25, 0.3) is 0 Å². The lowest BCUT2D eigenvalue weighted by molar-refractivity contribution is -0.133. The number of nitrogens with zero attached hydrogens (tertiary/aromatic N) is 1. The number of hydrogen-bond donors (Lipinski definition) is 1. The molecule has 0 bridgehead atoms. The van der Waals surface area contributed by atoms with Crippen LogP contribution in [0.2, 0.25) is 5.02 Å². The van der Waals surface area contributed by atoms with Gasteiger partial charge in [-0.3, -0.25) is 9.59 Å². The van der Waals surface area contributed by atoms with Crippen LogP contribution in [0.15, 0.2) is 18.2 Å². The van der Waals surface area contributed by atoms with Gasteiger partial charge in [0.2, 0.25) is 11.8 Å². The van der Waals surface area contributed by atoms with Gasteiger partial charge in [-0.15, -0.1) is 0 Å². The van der Waals surface area contributed by atoms with Gasteiger partial charge in [0.15, 0.2) is 0 Å². The minimum atomic E-state index is -0.504. The predicted molar refractivity (Wildman–Crippen MR) is 75.6 cm³/mol. The Balaban J connectivity index is 2.22. The Morgan fingerprint density at radius 1 is 1.45 bits per heavy atom. The largest absolute Gasteiger partial charge is 0.496 e. The minimum absolute atomic E-state index is 0.0992. The normalized spacial score (nSPS) is 19.6. The maximum Gasteiger partial charge on any atom is 0.245 e. The van der Waals surface area contributed by atoms with E-state index in [0.717, 1.165) is 5.56 Å². The molecule has 1 unspecified atom stereocenters. The summed E-state index contributed by atoms with van der Waals surface area (Å²) in [5.41, 5.74) is 0.829. The molecular formula is C14H17ClN2O3. The van der Waals surface area contributed by atoms with Crippen molar-refractivity contribution in [2.24, 2.45) is 0 Å². The van der Waals surface area contributed by atoms with Gasteiger partial charge in [0.1, 0.15) is 11.8 Å². The number of amides is 2. The van der Waals surface area contributed by atoms with Gasteiger partial charge in [-0.05, 0) is 25.1 Å². The van der Waals surface area contributed by atoms with E-state index >= 15 is 0 Å². The fourth-order valence-corrected chi connectivity index (χ4v) is 2.42. The molecule has 1 aliphatic heterocycles. The van der Waals surface area contributed by atoms with Gasteiger partial charge < -0.3 is 15.0 Å². The van der Waals surface area contributed by atoms with Crippen LogP contribution in [-0.4, -0.2) is 36.4 Å². The van der Waals surface area contributed by atoms with Crippen LogP contribution in [0, 0.1) is 0 Å². The SMILES string of the molecule is COc1ccc(Cl)cc1CN1CCC(=O)NC(C)C1=O. The second-order valence-corrected chi connectivity index (χ2v) is 5.19. The van der Waals surface area contributed by atoms with Crippen molar-refractivity contribution in [1.29, 1.82) is 0 Å².